The predicted octanol–water partition coefficient (Wildman–Crippen LogP) is 1.63. The van der Waals surface area contributed by atoms with E-state index >= 15 is 0 Å². The van der Waals surface area contributed by atoms with Crippen molar-refractivity contribution >= 4 is 17.3 Å². The Hall–Kier alpha value is -1.73. The second-order valence-corrected chi connectivity index (χ2v) is 6.16. The zero-order chi connectivity index (χ0) is 15.0. The SMILES string of the molecule is CCOC(=O)c1sc(-n2cc3c(n2)CCC(N)C3)nc1C. The minimum absolute atomic E-state index is 0.211. The molecule has 2 N–H and O–H groups in total. The molecule has 7 heteroatoms. The van der Waals surface area contributed by atoms with Crippen molar-refractivity contribution in [2.75, 3.05) is 6.61 Å². The summed E-state index contributed by atoms with van der Waals surface area (Å²) in [5.41, 5.74) is 8.93. The minimum atomic E-state index is -0.322. The fourth-order valence-electron chi connectivity index (χ4n) is 2.50. The number of esters is 1. The van der Waals surface area contributed by atoms with Crippen LogP contribution in [0.15, 0.2) is 6.20 Å². The molecule has 2 heterocycles. The lowest BCUT2D eigenvalue weighted by molar-refractivity contribution is 0.0531. The first-order valence-electron chi connectivity index (χ1n) is 7.06. The molecule has 2 aromatic heterocycles. The molecule has 0 fully saturated rings. The summed E-state index contributed by atoms with van der Waals surface area (Å²) in [6, 6.07) is 0.211. The summed E-state index contributed by atoms with van der Waals surface area (Å²) in [7, 11) is 0. The van der Waals surface area contributed by atoms with Gasteiger partial charge in [-0.15, -0.1) is 0 Å². The van der Waals surface area contributed by atoms with E-state index in [1.165, 1.54) is 16.9 Å². The average Bonchev–Trinajstić information content (AvgIpc) is 3.01. The number of aryl methyl sites for hydroxylation is 2. The first kappa shape index (κ1) is 14.2. The van der Waals surface area contributed by atoms with E-state index in [9.17, 15) is 4.79 Å². The number of nitrogens with zero attached hydrogens (tertiary/aromatic N) is 3. The Morgan fingerprint density at radius 3 is 3.19 bits per heavy atom. The molecule has 2 aromatic rings. The number of ether oxygens (including phenoxy) is 1. The van der Waals surface area contributed by atoms with Gasteiger partial charge in [0.15, 0.2) is 0 Å². The smallest absolute Gasteiger partial charge is 0.350 e. The molecule has 3 rings (SSSR count). The van der Waals surface area contributed by atoms with Crippen LogP contribution in [0.5, 0.6) is 0 Å². The molecule has 0 saturated heterocycles. The van der Waals surface area contributed by atoms with Gasteiger partial charge in [-0.05, 0) is 38.7 Å². The van der Waals surface area contributed by atoms with E-state index in [1.54, 1.807) is 11.6 Å². The van der Waals surface area contributed by atoms with Gasteiger partial charge in [-0.1, -0.05) is 11.3 Å². The second kappa shape index (κ2) is 5.57. The third kappa shape index (κ3) is 2.71. The van der Waals surface area contributed by atoms with E-state index in [0.717, 1.165) is 25.0 Å². The highest BCUT2D eigenvalue weighted by Gasteiger charge is 2.22. The highest BCUT2D eigenvalue weighted by atomic mass is 32.1. The number of carbonyl (C=O) groups excluding carboxylic acids is 1. The molecule has 0 bridgehead atoms. The number of hydrogen-bond acceptors (Lipinski definition) is 6. The van der Waals surface area contributed by atoms with Crippen LogP contribution in [0.1, 0.15) is 40.0 Å². The summed E-state index contributed by atoms with van der Waals surface area (Å²) in [4.78, 5) is 16.8. The van der Waals surface area contributed by atoms with Gasteiger partial charge >= 0.3 is 5.97 Å². The summed E-state index contributed by atoms with van der Waals surface area (Å²) < 4.78 is 6.79. The van der Waals surface area contributed by atoms with Gasteiger partial charge in [0, 0.05) is 12.2 Å². The Morgan fingerprint density at radius 1 is 1.62 bits per heavy atom. The lowest BCUT2D eigenvalue weighted by Gasteiger charge is -2.15. The van der Waals surface area contributed by atoms with Crippen molar-refractivity contribution in [3.05, 3.63) is 28.0 Å². The molecule has 1 aliphatic carbocycles. The van der Waals surface area contributed by atoms with Crippen molar-refractivity contribution in [1.29, 1.82) is 0 Å². The van der Waals surface area contributed by atoms with E-state index < -0.39 is 0 Å². The summed E-state index contributed by atoms with van der Waals surface area (Å²) in [5.74, 6) is -0.322. The third-order valence-electron chi connectivity index (χ3n) is 3.55. The van der Waals surface area contributed by atoms with Gasteiger partial charge in [-0.3, -0.25) is 0 Å². The minimum Gasteiger partial charge on any atom is -0.462 e. The molecule has 0 aromatic carbocycles. The predicted molar refractivity (Wildman–Crippen MR) is 79.9 cm³/mol. The highest BCUT2D eigenvalue weighted by molar-refractivity contribution is 7.16. The van der Waals surface area contributed by atoms with Crippen LogP contribution in [-0.4, -0.2) is 33.4 Å². The molecule has 0 spiro atoms. The Bertz CT molecular complexity index is 677. The first-order valence-corrected chi connectivity index (χ1v) is 7.88. The van der Waals surface area contributed by atoms with E-state index in [2.05, 4.69) is 10.1 Å². The van der Waals surface area contributed by atoms with Crippen LogP contribution in [0.4, 0.5) is 0 Å². The highest BCUT2D eigenvalue weighted by Crippen LogP contribution is 2.25. The largest absolute Gasteiger partial charge is 0.462 e. The van der Waals surface area contributed by atoms with Crippen molar-refractivity contribution in [3.8, 4) is 5.13 Å². The van der Waals surface area contributed by atoms with Gasteiger partial charge in [0.2, 0.25) is 5.13 Å². The van der Waals surface area contributed by atoms with Gasteiger partial charge in [0.1, 0.15) is 4.88 Å². The summed E-state index contributed by atoms with van der Waals surface area (Å²) in [6.45, 7) is 3.96. The van der Waals surface area contributed by atoms with Crippen LogP contribution in [-0.2, 0) is 17.6 Å². The lowest BCUT2D eigenvalue weighted by Crippen LogP contribution is -2.27. The van der Waals surface area contributed by atoms with E-state index in [1.807, 2.05) is 13.1 Å². The summed E-state index contributed by atoms with van der Waals surface area (Å²) in [5, 5.41) is 5.27. The molecular formula is C14H18N4O2S. The number of carbonyl (C=O) groups is 1. The number of thiazole rings is 1. The zero-order valence-corrected chi connectivity index (χ0v) is 12.9. The maximum atomic E-state index is 11.8. The average molecular weight is 306 g/mol. The Kier molecular flexibility index (Phi) is 3.77. The van der Waals surface area contributed by atoms with Crippen molar-refractivity contribution in [3.63, 3.8) is 0 Å². The number of aromatic nitrogens is 3. The van der Waals surface area contributed by atoms with Crippen molar-refractivity contribution in [2.45, 2.75) is 39.2 Å². The quantitative estimate of drug-likeness (QED) is 0.871. The van der Waals surface area contributed by atoms with Crippen LogP contribution in [0, 0.1) is 6.92 Å². The van der Waals surface area contributed by atoms with Crippen LogP contribution in [0.25, 0.3) is 5.13 Å². The molecule has 1 atom stereocenters. The number of fused-ring (bicyclic) bond motifs is 1. The van der Waals surface area contributed by atoms with Crippen molar-refractivity contribution in [2.24, 2.45) is 5.73 Å². The Morgan fingerprint density at radius 2 is 2.43 bits per heavy atom. The van der Waals surface area contributed by atoms with E-state index in [-0.39, 0.29) is 12.0 Å². The molecular weight excluding hydrogens is 288 g/mol. The maximum Gasteiger partial charge on any atom is 0.350 e. The maximum absolute atomic E-state index is 11.8. The molecule has 6 nitrogen and oxygen atoms in total. The summed E-state index contributed by atoms with van der Waals surface area (Å²) >= 11 is 1.31. The molecule has 0 amide bonds. The van der Waals surface area contributed by atoms with Crippen LogP contribution in [0.3, 0.4) is 0 Å². The van der Waals surface area contributed by atoms with Gasteiger partial charge in [0.25, 0.3) is 0 Å². The van der Waals surface area contributed by atoms with Crippen LogP contribution >= 0.6 is 11.3 Å². The topological polar surface area (TPSA) is 83.0 Å². The van der Waals surface area contributed by atoms with Gasteiger partial charge in [0.05, 0.1) is 18.0 Å². The molecule has 1 unspecified atom stereocenters. The lowest BCUT2D eigenvalue weighted by atomic mass is 9.94. The standard InChI is InChI=1S/C14H18N4O2S/c1-3-20-13(19)12-8(2)16-14(21-12)18-7-9-6-10(15)4-5-11(9)17-18/h7,10H,3-6,15H2,1-2H3. The van der Waals surface area contributed by atoms with E-state index in [4.69, 9.17) is 10.5 Å². The molecule has 0 aliphatic heterocycles. The number of nitrogens with two attached hydrogens (primary N) is 1. The zero-order valence-electron chi connectivity index (χ0n) is 12.1. The van der Waals surface area contributed by atoms with Crippen LogP contribution in [0.2, 0.25) is 0 Å². The molecule has 0 saturated carbocycles. The molecule has 1 aliphatic rings. The first-order chi connectivity index (χ1) is 10.1. The van der Waals surface area contributed by atoms with Gasteiger partial charge in [-0.25, -0.2) is 14.5 Å². The monoisotopic (exact) mass is 306 g/mol. The normalized spacial score (nSPS) is 17.6. The third-order valence-corrected chi connectivity index (χ3v) is 4.68. The van der Waals surface area contributed by atoms with Gasteiger partial charge in [-0.2, -0.15) is 5.10 Å². The van der Waals surface area contributed by atoms with Gasteiger partial charge < -0.3 is 10.5 Å². The molecule has 21 heavy (non-hydrogen) atoms. The Balaban J connectivity index is 1.91. The molecule has 112 valence electrons. The van der Waals surface area contributed by atoms with Crippen LogP contribution < -0.4 is 5.73 Å². The van der Waals surface area contributed by atoms with Crippen molar-refractivity contribution in [1.82, 2.24) is 14.8 Å². The molecule has 0 radical (unpaired) electrons. The summed E-state index contributed by atoms with van der Waals surface area (Å²) in [6.07, 6.45) is 4.69. The number of rotatable bonds is 3. The number of hydrogen-bond donors (Lipinski definition) is 1. The second-order valence-electron chi connectivity index (χ2n) is 5.18. The Labute approximate surface area is 126 Å². The van der Waals surface area contributed by atoms with E-state index in [0.29, 0.717) is 22.3 Å². The van der Waals surface area contributed by atoms with Crippen molar-refractivity contribution < 1.29 is 9.53 Å². The fourth-order valence-corrected chi connectivity index (χ4v) is 3.38. The fraction of sp³-hybridized carbons (Fsp3) is 0.500.